The van der Waals surface area contributed by atoms with Crippen molar-refractivity contribution >= 4 is 40.4 Å². The molecular weight excluding hydrogens is 415 g/mol. The minimum atomic E-state index is 0.00650. The predicted octanol–water partition coefficient (Wildman–Crippen LogP) is 4.95. The molecule has 0 saturated carbocycles. The number of carbonyl (C=O) groups is 1. The number of likely N-dealkylation sites (tertiary alicyclic amines) is 1. The summed E-state index contributed by atoms with van der Waals surface area (Å²) in [5.74, 6) is 0.683. The second-order valence-electron chi connectivity index (χ2n) is 7.60. The molecule has 4 rings (SSSR count). The lowest BCUT2D eigenvalue weighted by molar-refractivity contribution is 0.0907. The summed E-state index contributed by atoms with van der Waals surface area (Å²) in [5.41, 5.74) is 0.936. The fraction of sp³-hybridized carbons (Fsp3) is 0.476. The van der Waals surface area contributed by atoms with E-state index in [1.54, 1.807) is 6.07 Å². The van der Waals surface area contributed by atoms with Crippen LogP contribution in [0.15, 0.2) is 30.3 Å². The number of hydrogen-bond donors (Lipinski definition) is 1. The molecule has 2 aromatic rings. The normalized spacial score (nSPS) is 21.1. The summed E-state index contributed by atoms with van der Waals surface area (Å²) in [7, 11) is 0. The third-order valence-electron chi connectivity index (χ3n) is 5.44. The highest BCUT2D eigenvalue weighted by Gasteiger charge is 2.25. The molecule has 1 N–H and O–H groups in total. The van der Waals surface area contributed by atoms with E-state index >= 15 is 0 Å². The molecule has 2 fully saturated rings. The van der Waals surface area contributed by atoms with Gasteiger partial charge < -0.3 is 15.0 Å². The van der Waals surface area contributed by atoms with Gasteiger partial charge >= 0.3 is 0 Å². The van der Waals surface area contributed by atoms with Gasteiger partial charge in [-0.05, 0) is 61.1 Å². The second kappa shape index (κ2) is 9.14. The molecule has 1 aromatic heterocycles. The fourth-order valence-corrected chi connectivity index (χ4v) is 5.34. The first-order valence-electron chi connectivity index (χ1n) is 9.74. The standard InChI is InChI=1S/C21H24Cl2N2O2S/c22-16-9-15(10-17(23)11-16)19-1-2-20(28-19)21(26)24-18-3-6-25(7-4-18)12-14-5-8-27-13-14/h1-2,9-11,14,18H,3-8,12-13H2,(H,24,26). The van der Waals surface area contributed by atoms with Crippen LogP contribution in [0.3, 0.4) is 0 Å². The molecule has 0 bridgehead atoms. The smallest absolute Gasteiger partial charge is 0.261 e. The summed E-state index contributed by atoms with van der Waals surface area (Å²) in [4.78, 5) is 16.9. The Hall–Kier alpha value is -1.11. The van der Waals surface area contributed by atoms with Crippen molar-refractivity contribution in [2.45, 2.75) is 25.3 Å². The Morgan fingerprint density at radius 1 is 1.14 bits per heavy atom. The van der Waals surface area contributed by atoms with Gasteiger partial charge in [0.2, 0.25) is 0 Å². The summed E-state index contributed by atoms with van der Waals surface area (Å²) in [6.07, 6.45) is 3.18. The van der Waals surface area contributed by atoms with Crippen LogP contribution in [0.2, 0.25) is 10.0 Å². The Kier molecular flexibility index (Phi) is 6.59. The number of thiophene rings is 1. The number of halogens is 2. The van der Waals surface area contributed by atoms with Crippen LogP contribution in [0.4, 0.5) is 0 Å². The molecule has 1 unspecified atom stereocenters. The molecule has 2 aliphatic rings. The average molecular weight is 439 g/mol. The highest BCUT2D eigenvalue weighted by Crippen LogP contribution is 2.32. The first kappa shape index (κ1) is 20.2. The Bertz CT molecular complexity index is 807. The van der Waals surface area contributed by atoms with Crippen molar-refractivity contribution in [3.05, 3.63) is 45.3 Å². The van der Waals surface area contributed by atoms with Crippen LogP contribution in [0.1, 0.15) is 28.9 Å². The predicted molar refractivity (Wildman–Crippen MR) is 116 cm³/mol. The van der Waals surface area contributed by atoms with Gasteiger partial charge in [-0.2, -0.15) is 0 Å². The number of piperidine rings is 1. The molecule has 1 atom stereocenters. The SMILES string of the molecule is O=C(NC1CCN(CC2CCOC2)CC1)c1ccc(-c2cc(Cl)cc(Cl)c2)s1. The van der Waals surface area contributed by atoms with Gasteiger partial charge in [0.25, 0.3) is 5.91 Å². The first-order valence-corrected chi connectivity index (χ1v) is 11.3. The van der Waals surface area contributed by atoms with Crippen LogP contribution in [-0.2, 0) is 4.74 Å². The van der Waals surface area contributed by atoms with Crippen molar-refractivity contribution in [3.8, 4) is 10.4 Å². The van der Waals surface area contributed by atoms with Crippen LogP contribution in [0.5, 0.6) is 0 Å². The highest BCUT2D eigenvalue weighted by atomic mass is 35.5. The van der Waals surface area contributed by atoms with Gasteiger partial charge in [0.1, 0.15) is 0 Å². The molecule has 0 radical (unpaired) electrons. The molecule has 4 nitrogen and oxygen atoms in total. The zero-order valence-corrected chi connectivity index (χ0v) is 18.0. The fourth-order valence-electron chi connectivity index (χ4n) is 3.92. The Morgan fingerprint density at radius 2 is 1.89 bits per heavy atom. The number of carbonyl (C=O) groups excluding carboxylic acids is 1. The molecule has 28 heavy (non-hydrogen) atoms. The van der Waals surface area contributed by atoms with Crippen LogP contribution in [-0.4, -0.2) is 49.7 Å². The minimum absolute atomic E-state index is 0.00650. The molecule has 1 aromatic carbocycles. The van der Waals surface area contributed by atoms with E-state index in [9.17, 15) is 4.79 Å². The number of rotatable bonds is 5. The van der Waals surface area contributed by atoms with E-state index in [0.29, 0.717) is 16.0 Å². The molecule has 2 aliphatic heterocycles. The van der Waals surface area contributed by atoms with E-state index in [0.717, 1.165) is 61.0 Å². The zero-order valence-electron chi connectivity index (χ0n) is 15.6. The number of benzene rings is 1. The Balaban J connectivity index is 1.30. The molecule has 7 heteroatoms. The molecule has 2 saturated heterocycles. The molecule has 1 amide bonds. The zero-order chi connectivity index (χ0) is 19.5. The summed E-state index contributed by atoms with van der Waals surface area (Å²) >= 11 is 13.7. The molecule has 0 spiro atoms. The van der Waals surface area contributed by atoms with Gasteiger partial charge in [0.05, 0.1) is 11.5 Å². The van der Waals surface area contributed by atoms with E-state index in [1.165, 1.54) is 17.8 Å². The van der Waals surface area contributed by atoms with Crippen molar-refractivity contribution in [1.29, 1.82) is 0 Å². The maximum Gasteiger partial charge on any atom is 0.261 e. The lowest BCUT2D eigenvalue weighted by atomic mass is 10.0. The quantitative estimate of drug-likeness (QED) is 0.717. The van der Waals surface area contributed by atoms with Crippen LogP contribution in [0.25, 0.3) is 10.4 Å². The first-order chi connectivity index (χ1) is 13.6. The topological polar surface area (TPSA) is 41.6 Å². The number of hydrogen-bond acceptors (Lipinski definition) is 4. The molecular formula is C21H24Cl2N2O2S. The van der Waals surface area contributed by atoms with Crippen molar-refractivity contribution in [2.24, 2.45) is 5.92 Å². The van der Waals surface area contributed by atoms with Crippen molar-refractivity contribution in [2.75, 3.05) is 32.8 Å². The van der Waals surface area contributed by atoms with Crippen molar-refractivity contribution in [3.63, 3.8) is 0 Å². The van der Waals surface area contributed by atoms with E-state index < -0.39 is 0 Å². The van der Waals surface area contributed by atoms with Crippen molar-refractivity contribution < 1.29 is 9.53 Å². The number of amides is 1. The summed E-state index contributed by atoms with van der Waals surface area (Å²) < 4.78 is 5.47. The number of nitrogens with one attached hydrogen (secondary N) is 1. The van der Waals surface area contributed by atoms with Gasteiger partial charge in [0.15, 0.2) is 0 Å². The van der Waals surface area contributed by atoms with Gasteiger partial charge in [-0.3, -0.25) is 4.79 Å². The summed E-state index contributed by atoms with van der Waals surface area (Å²) in [6, 6.07) is 9.51. The maximum absolute atomic E-state index is 12.7. The molecule has 3 heterocycles. The molecule has 0 aliphatic carbocycles. The maximum atomic E-state index is 12.7. The van der Waals surface area contributed by atoms with Crippen LogP contribution >= 0.6 is 34.5 Å². The average Bonchev–Trinajstić information content (AvgIpc) is 3.34. The lowest BCUT2D eigenvalue weighted by Gasteiger charge is -2.33. The van der Waals surface area contributed by atoms with Gasteiger partial charge in [0, 0.05) is 47.2 Å². The van der Waals surface area contributed by atoms with E-state index in [1.807, 2.05) is 24.3 Å². The largest absolute Gasteiger partial charge is 0.381 e. The highest BCUT2D eigenvalue weighted by molar-refractivity contribution is 7.17. The Morgan fingerprint density at radius 3 is 2.57 bits per heavy atom. The minimum Gasteiger partial charge on any atom is -0.381 e. The van der Waals surface area contributed by atoms with Gasteiger partial charge in [-0.25, -0.2) is 0 Å². The summed E-state index contributed by atoms with van der Waals surface area (Å²) in [5, 5.41) is 4.40. The van der Waals surface area contributed by atoms with Crippen LogP contribution in [0, 0.1) is 5.92 Å². The van der Waals surface area contributed by atoms with E-state index in [4.69, 9.17) is 27.9 Å². The summed E-state index contributed by atoms with van der Waals surface area (Å²) in [6.45, 7) is 5.00. The number of nitrogens with zero attached hydrogens (tertiary/aromatic N) is 1. The monoisotopic (exact) mass is 438 g/mol. The lowest BCUT2D eigenvalue weighted by Crippen LogP contribution is -2.45. The molecule has 150 valence electrons. The Labute approximate surface area is 179 Å². The van der Waals surface area contributed by atoms with E-state index in [-0.39, 0.29) is 11.9 Å². The third kappa shape index (κ3) is 5.08. The van der Waals surface area contributed by atoms with Crippen LogP contribution < -0.4 is 5.32 Å². The van der Waals surface area contributed by atoms with E-state index in [2.05, 4.69) is 10.2 Å². The van der Waals surface area contributed by atoms with Crippen molar-refractivity contribution in [1.82, 2.24) is 10.2 Å². The number of ether oxygens (including phenoxy) is 1. The van der Waals surface area contributed by atoms with Gasteiger partial charge in [-0.15, -0.1) is 11.3 Å². The third-order valence-corrected chi connectivity index (χ3v) is 7.01. The van der Waals surface area contributed by atoms with Gasteiger partial charge in [-0.1, -0.05) is 23.2 Å². The second-order valence-corrected chi connectivity index (χ2v) is 9.56.